The van der Waals surface area contributed by atoms with Crippen LogP contribution in [0.25, 0.3) is 11.0 Å². The van der Waals surface area contributed by atoms with Crippen molar-refractivity contribution < 1.29 is 13.9 Å². The predicted molar refractivity (Wildman–Crippen MR) is 141 cm³/mol. The van der Waals surface area contributed by atoms with Crippen LogP contribution >= 0.6 is 0 Å². The van der Waals surface area contributed by atoms with Crippen LogP contribution in [-0.2, 0) is 13.0 Å². The third-order valence-corrected chi connectivity index (χ3v) is 6.67. The Kier molecular flexibility index (Phi) is 6.61. The van der Waals surface area contributed by atoms with Gasteiger partial charge in [-0.2, -0.15) is 0 Å². The van der Waals surface area contributed by atoms with E-state index in [2.05, 4.69) is 0 Å². The number of fused-ring (bicyclic) bond motifs is 2. The summed E-state index contributed by atoms with van der Waals surface area (Å²) in [5.41, 5.74) is 3.71. The molecule has 1 atom stereocenters. The molecule has 0 bridgehead atoms. The Bertz CT molecular complexity index is 1440. The predicted octanol–water partition coefficient (Wildman–Crippen LogP) is 5.04. The number of hydrogen-bond acceptors (Lipinski definition) is 5. The van der Waals surface area contributed by atoms with Crippen molar-refractivity contribution in [2.45, 2.75) is 26.0 Å². The van der Waals surface area contributed by atoms with E-state index in [0.717, 1.165) is 28.9 Å². The van der Waals surface area contributed by atoms with E-state index in [1.54, 1.807) is 11.0 Å². The number of likely N-dealkylation sites (N-methyl/N-ethyl adjacent to an activating group) is 1. The molecule has 36 heavy (non-hydrogen) atoms. The maximum absolute atomic E-state index is 13.8. The van der Waals surface area contributed by atoms with Crippen molar-refractivity contribution in [3.63, 3.8) is 0 Å². The number of ether oxygens (including phenoxy) is 1. The highest BCUT2D eigenvalue weighted by atomic mass is 16.5. The molecule has 0 aliphatic carbocycles. The van der Waals surface area contributed by atoms with Gasteiger partial charge in [0.2, 0.25) is 5.76 Å². The smallest absolute Gasteiger partial charge is 0.290 e. The lowest BCUT2D eigenvalue weighted by molar-refractivity contribution is 0.0716. The first kappa shape index (κ1) is 23.8. The van der Waals surface area contributed by atoms with Crippen LogP contribution in [-0.4, -0.2) is 42.9 Å². The van der Waals surface area contributed by atoms with E-state index in [1.165, 1.54) is 0 Å². The molecule has 1 unspecified atom stereocenters. The molecule has 1 aromatic heterocycles. The minimum atomic E-state index is -0.512. The van der Waals surface area contributed by atoms with Crippen molar-refractivity contribution in [1.82, 2.24) is 9.80 Å². The van der Waals surface area contributed by atoms with Gasteiger partial charge in [-0.3, -0.25) is 9.59 Å². The van der Waals surface area contributed by atoms with Crippen molar-refractivity contribution in [1.29, 1.82) is 0 Å². The molecule has 1 amide bonds. The van der Waals surface area contributed by atoms with Crippen LogP contribution < -0.4 is 10.2 Å². The number of hydrogen-bond donors (Lipinski definition) is 0. The van der Waals surface area contributed by atoms with Crippen molar-refractivity contribution in [2.75, 3.05) is 27.2 Å². The van der Waals surface area contributed by atoms with Gasteiger partial charge in [0.15, 0.2) is 5.43 Å². The molecule has 1 aliphatic rings. The SMILES string of the molecule is CCc1ccc2oc3c(c(=O)c2c1)C(c1ccc(OCc2ccccc2)cc1)N(CCN(C)C)C3=O. The van der Waals surface area contributed by atoms with E-state index < -0.39 is 6.04 Å². The van der Waals surface area contributed by atoms with Crippen molar-refractivity contribution in [2.24, 2.45) is 0 Å². The molecule has 1 aliphatic heterocycles. The second-order valence-electron chi connectivity index (χ2n) is 9.41. The molecule has 4 aromatic rings. The molecule has 5 rings (SSSR count). The highest BCUT2D eigenvalue weighted by molar-refractivity contribution is 5.99. The number of carbonyl (C=O) groups is 1. The molecular formula is C30H30N2O4. The molecule has 0 spiro atoms. The summed E-state index contributed by atoms with van der Waals surface area (Å²) in [4.78, 5) is 31.0. The van der Waals surface area contributed by atoms with Crippen molar-refractivity contribution in [3.05, 3.63) is 111 Å². The Morgan fingerprint density at radius 3 is 2.39 bits per heavy atom. The van der Waals surface area contributed by atoms with Gasteiger partial charge in [0, 0.05) is 13.1 Å². The maximum Gasteiger partial charge on any atom is 0.290 e. The van der Waals surface area contributed by atoms with E-state index in [4.69, 9.17) is 9.15 Å². The Labute approximate surface area is 210 Å². The molecular weight excluding hydrogens is 452 g/mol. The molecule has 0 N–H and O–H groups in total. The molecule has 6 nitrogen and oxygen atoms in total. The second kappa shape index (κ2) is 9.99. The minimum Gasteiger partial charge on any atom is -0.489 e. The zero-order chi connectivity index (χ0) is 25.2. The Morgan fingerprint density at radius 2 is 1.69 bits per heavy atom. The number of nitrogens with zero attached hydrogens (tertiary/aromatic N) is 2. The van der Waals surface area contributed by atoms with Crippen LogP contribution in [0, 0.1) is 0 Å². The quantitative estimate of drug-likeness (QED) is 0.352. The van der Waals surface area contributed by atoms with Gasteiger partial charge >= 0.3 is 0 Å². The molecule has 184 valence electrons. The zero-order valence-electron chi connectivity index (χ0n) is 20.9. The van der Waals surface area contributed by atoms with Crippen LogP contribution in [0.4, 0.5) is 0 Å². The molecule has 6 heteroatoms. The third-order valence-electron chi connectivity index (χ3n) is 6.67. The Morgan fingerprint density at radius 1 is 0.944 bits per heavy atom. The van der Waals surface area contributed by atoms with Crippen LogP contribution in [0.2, 0.25) is 0 Å². The largest absolute Gasteiger partial charge is 0.489 e. The number of carbonyl (C=O) groups excluding carboxylic acids is 1. The fraction of sp³-hybridized carbons (Fsp3) is 0.267. The van der Waals surface area contributed by atoms with Gasteiger partial charge in [0.1, 0.15) is 17.9 Å². The summed E-state index contributed by atoms with van der Waals surface area (Å²) >= 11 is 0. The summed E-state index contributed by atoms with van der Waals surface area (Å²) in [7, 11) is 3.93. The highest BCUT2D eigenvalue weighted by Crippen LogP contribution is 2.38. The van der Waals surface area contributed by atoms with Crippen LogP contribution in [0.15, 0.2) is 82.0 Å². The molecule has 3 aromatic carbocycles. The number of rotatable bonds is 8. The van der Waals surface area contributed by atoms with Crippen molar-refractivity contribution in [3.8, 4) is 5.75 Å². The molecule has 0 fully saturated rings. The second-order valence-corrected chi connectivity index (χ2v) is 9.41. The standard InChI is InChI=1S/C30H30N2O4/c1-4-20-10-15-25-24(18-20)28(33)26-27(32(17-16-31(2)3)30(34)29(26)36-25)22-11-13-23(14-12-22)35-19-21-8-6-5-7-9-21/h5-15,18,27H,4,16-17,19H2,1-3H3. The van der Waals surface area contributed by atoms with Gasteiger partial charge in [-0.05, 0) is 61.5 Å². The first-order chi connectivity index (χ1) is 17.5. The maximum atomic E-state index is 13.8. The molecule has 2 heterocycles. The van der Waals surface area contributed by atoms with Gasteiger partial charge < -0.3 is 19.0 Å². The normalized spacial score (nSPS) is 15.1. The summed E-state index contributed by atoms with van der Waals surface area (Å²) < 4.78 is 12.0. The summed E-state index contributed by atoms with van der Waals surface area (Å²) in [6.07, 6.45) is 0.814. The number of aryl methyl sites for hydroxylation is 1. The van der Waals surface area contributed by atoms with Gasteiger partial charge in [-0.15, -0.1) is 0 Å². The Hall–Kier alpha value is -3.90. The minimum absolute atomic E-state index is 0.142. The van der Waals surface area contributed by atoms with E-state index in [0.29, 0.717) is 36.2 Å². The van der Waals surface area contributed by atoms with E-state index in [1.807, 2.05) is 92.6 Å². The fourth-order valence-corrected chi connectivity index (χ4v) is 4.66. The Balaban J connectivity index is 1.53. The fourth-order valence-electron chi connectivity index (χ4n) is 4.66. The topological polar surface area (TPSA) is 63.0 Å². The lowest BCUT2D eigenvalue weighted by atomic mass is 9.98. The summed E-state index contributed by atoms with van der Waals surface area (Å²) in [6.45, 7) is 3.66. The average Bonchev–Trinajstić information content (AvgIpc) is 3.18. The van der Waals surface area contributed by atoms with Crippen LogP contribution in [0.1, 0.15) is 45.8 Å². The molecule has 0 saturated heterocycles. The van der Waals surface area contributed by atoms with Gasteiger partial charge in [-0.1, -0.05) is 55.5 Å². The first-order valence-electron chi connectivity index (χ1n) is 12.3. The number of amides is 1. The molecule has 0 radical (unpaired) electrons. The van der Waals surface area contributed by atoms with Gasteiger partial charge in [0.05, 0.1) is 17.0 Å². The molecule has 0 saturated carbocycles. The summed E-state index contributed by atoms with van der Waals surface area (Å²) in [5, 5.41) is 0.517. The summed E-state index contributed by atoms with van der Waals surface area (Å²) in [5.74, 6) is 0.620. The van der Waals surface area contributed by atoms with E-state index >= 15 is 0 Å². The number of benzene rings is 3. The first-order valence-corrected chi connectivity index (χ1v) is 12.3. The van der Waals surface area contributed by atoms with Crippen LogP contribution in [0.3, 0.4) is 0 Å². The highest BCUT2D eigenvalue weighted by Gasteiger charge is 2.42. The van der Waals surface area contributed by atoms with Crippen molar-refractivity contribution >= 4 is 16.9 Å². The average molecular weight is 483 g/mol. The van der Waals surface area contributed by atoms with Gasteiger partial charge in [0.25, 0.3) is 5.91 Å². The third kappa shape index (κ3) is 4.52. The van der Waals surface area contributed by atoms with E-state index in [9.17, 15) is 9.59 Å². The lowest BCUT2D eigenvalue weighted by Gasteiger charge is -2.26. The monoisotopic (exact) mass is 482 g/mol. The van der Waals surface area contributed by atoms with E-state index in [-0.39, 0.29) is 17.1 Å². The van der Waals surface area contributed by atoms with Gasteiger partial charge in [-0.25, -0.2) is 0 Å². The van der Waals surface area contributed by atoms with Crippen LogP contribution in [0.5, 0.6) is 5.75 Å². The lowest BCUT2D eigenvalue weighted by Crippen LogP contribution is -2.35. The summed E-state index contributed by atoms with van der Waals surface area (Å²) in [6, 6.07) is 22.7. The zero-order valence-corrected chi connectivity index (χ0v) is 20.9.